The van der Waals surface area contributed by atoms with Gasteiger partial charge in [0.1, 0.15) is 5.82 Å². The van der Waals surface area contributed by atoms with Gasteiger partial charge in [-0.1, -0.05) is 17.7 Å². The lowest BCUT2D eigenvalue weighted by atomic mass is 10.1. The number of rotatable bonds is 5. The van der Waals surface area contributed by atoms with Crippen molar-refractivity contribution in [3.05, 3.63) is 88.7 Å². The number of carbonyl (C=O) groups is 2. The molecule has 0 fully saturated rings. The molecule has 136 valence electrons. The second kappa shape index (κ2) is 8.37. The van der Waals surface area contributed by atoms with E-state index < -0.39 is 11.7 Å². The van der Waals surface area contributed by atoms with Crippen molar-refractivity contribution in [3.8, 4) is 0 Å². The van der Waals surface area contributed by atoms with Gasteiger partial charge in [-0.05, 0) is 36.4 Å². The first-order valence-electron chi connectivity index (χ1n) is 7.92. The molecule has 27 heavy (non-hydrogen) atoms. The smallest absolute Gasteiger partial charge is 0.257 e. The Kier molecular flexibility index (Phi) is 5.73. The summed E-state index contributed by atoms with van der Waals surface area (Å²) in [6.45, 7) is 0.254. The second-order valence-corrected chi connectivity index (χ2v) is 5.96. The van der Waals surface area contributed by atoms with Crippen LogP contribution in [0.2, 0.25) is 5.02 Å². The lowest BCUT2D eigenvalue weighted by Crippen LogP contribution is -2.24. The van der Waals surface area contributed by atoms with E-state index in [9.17, 15) is 14.0 Å². The standard InChI is InChI=1S/C19H14ClFN4O2/c20-16-8-14(4-5-17(16)21)25-19(27)13-7-12(9-22-10-13)18(26)24-11-15-3-1-2-6-23-15/h1-10H,11H2,(H,24,26)(H,25,27). The molecule has 0 bridgehead atoms. The third kappa shape index (κ3) is 4.86. The molecule has 3 aromatic rings. The van der Waals surface area contributed by atoms with Gasteiger partial charge in [-0.15, -0.1) is 0 Å². The molecule has 2 N–H and O–H groups in total. The summed E-state index contributed by atoms with van der Waals surface area (Å²) in [6.07, 6.45) is 4.32. The molecular weight excluding hydrogens is 371 g/mol. The molecule has 0 saturated carbocycles. The predicted molar refractivity (Wildman–Crippen MR) is 99.0 cm³/mol. The van der Waals surface area contributed by atoms with Crippen molar-refractivity contribution in [3.63, 3.8) is 0 Å². The molecule has 6 nitrogen and oxygen atoms in total. The molecular formula is C19H14ClFN4O2. The molecule has 0 spiro atoms. The van der Waals surface area contributed by atoms with Crippen LogP contribution in [0.1, 0.15) is 26.4 Å². The van der Waals surface area contributed by atoms with Crippen molar-refractivity contribution in [1.29, 1.82) is 0 Å². The number of nitrogens with zero attached hydrogens (tertiary/aromatic N) is 2. The van der Waals surface area contributed by atoms with Crippen LogP contribution in [0.5, 0.6) is 0 Å². The first-order chi connectivity index (χ1) is 13.0. The zero-order valence-electron chi connectivity index (χ0n) is 13.9. The molecule has 1 aromatic carbocycles. The van der Waals surface area contributed by atoms with Crippen LogP contribution in [0.25, 0.3) is 0 Å². The molecule has 0 saturated heterocycles. The highest BCUT2D eigenvalue weighted by atomic mass is 35.5. The molecule has 0 atom stereocenters. The van der Waals surface area contributed by atoms with Crippen molar-refractivity contribution in [2.24, 2.45) is 0 Å². The molecule has 0 aliphatic rings. The van der Waals surface area contributed by atoms with Crippen molar-refractivity contribution in [2.75, 3.05) is 5.32 Å². The van der Waals surface area contributed by atoms with E-state index in [2.05, 4.69) is 20.6 Å². The van der Waals surface area contributed by atoms with E-state index in [1.165, 1.54) is 30.6 Å². The molecule has 2 heterocycles. The fourth-order valence-corrected chi connectivity index (χ4v) is 2.42. The van der Waals surface area contributed by atoms with Gasteiger partial charge in [0.25, 0.3) is 11.8 Å². The Balaban J connectivity index is 1.67. The predicted octanol–water partition coefficient (Wildman–Crippen LogP) is 3.45. The summed E-state index contributed by atoms with van der Waals surface area (Å²) in [6, 6.07) is 10.6. The van der Waals surface area contributed by atoms with Crippen LogP contribution in [0.15, 0.2) is 61.1 Å². The van der Waals surface area contributed by atoms with E-state index in [1.807, 2.05) is 6.07 Å². The summed E-state index contributed by atoms with van der Waals surface area (Å²) in [5.41, 5.74) is 1.45. The first-order valence-corrected chi connectivity index (χ1v) is 8.30. The number of anilines is 1. The van der Waals surface area contributed by atoms with Crippen molar-refractivity contribution in [2.45, 2.75) is 6.54 Å². The normalized spacial score (nSPS) is 10.3. The summed E-state index contributed by atoms with van der Waals surface area (Å²) < 4.78 is 13.2. The molecule has 0 aliphatic heterocycles. The minimum Gasteiger partial charge on any atom is -0.346 e. The van der Waals surface area contributed by atoms with Gasteiger partial charge in [-0.25, -0.2) is 4.39 Å². The van der Waals surface area contributed by atoms with Crippen LogP contribution in [0.4, 0.5) is 10.1 Å². The molecule has 0 radical (unpaired) electrons. The molecule has 3 rings (SSSR count). The highest BCUT2D eigenvalue weighted by Crippen LogP contribution is 2.20. The maximum absolute atomic E-state index is 13.2. The van der Waals surface area contributed by atoms with Gasteiger partial charge in [0.15, 0.2) is 0 Å². The third-order valence-corrected chi connectivity index (χ3v) is 3.89. The van der Waals surface area contributed by atoms with E-state index >= 15 is 0 Å². The first kappa shape index (κ1) is 18.5. The average Bonchev–Trinajstić information content (AvgIpc) is 2.70. The number of halogens is 2. The Morgan fingerprint density at radius 2 is 1.81 bits per heavy atom. The van der Waals surface area contributed by atoms with Gasteiger partial charge in [0.2, 0.25) is 0 Å². The van der Waals surface area contributed by atoms with E-state index in [1.54, 1.807) is 18.3 Å². The Morgan fingerprint density at radius 3 is 2.52 bits per heavy atom. The maximum atomic E-state index is 13.2. The minimum absolute atomic E-state index is 0.103. The number of pyridine rings is 2. The van der Waals surface area contributed by atoms with Crippen molar-refractivity contribution >= 4 is 29.1 Å². The van der Waals surface area contributed by atoms with Crippen LogP contribution >= 0.6 is 11.6 Å². The summed E-state index contributed by atoms with van der Waals surface area (Å²) in [5.74, 6) is -1.46. The van der Waals surface area contributed by atoms with Gasteiger partial charge in [0, 0.05) is 24.3 Å². The van der Waals surface area contributed by atoms with Gasteiger partial charge in [-0.2, -0.15) is 0 Å². The summed E-state index contributed by atoms with van der Waals surface area (Å²) in [7, 11) is 0. The summed E-state index contributed by atoms with van der Waals surface area (Å²) in [5, 5.41) is 5.19. The SMILES string of the molecule is O=C(NCc1ccccn1)c1cncc(C(=O)Nc2ccc(F)c(Cl)c2)c1. The zero-order chi connectivity index (χ0) is 19.2. The highest BCUT2D eigenvalue weighted by Gasteiger charge is 2.12. The van der Waals surface area contributed by atoms with E-state index in [-0.39, 0.29) is 28.6 Å². The molecule has 2 amide bonds. The Hall–Kier alpha value is -3.32. The van der Waals surface area contributed by atoms with Crippen LogP contribution in [0, 0.1) is 5.82 Å². The lowest BCUT2D eigenvalue weighted by Gasteiger charge is -2.08. The fourth-order valence-electron chi connectivity index (χ4n) is 2.24. The van der Waals surface area contributed by atoms with Gasteiger partial charge in [-0.3, -0.25) is 19.6 Å². The molecule has 2 aromatic heterocycles. The van der Waals surface area contributed by atoms with E-state index in [4.69, 9.17) is 11.6 Å². The zero-order valence-corrected chi connectivity index (χ0v) is 14.7. The number of hydrogen-bond donors (Lipinski definition) is 2. The van der Waals surface area contributed by atoms with E-state index in [0.29, 0.717) is 11.4 Å². The molecule has 0 unspecified atom stereocenters. The third-order valence-electron chi connectivity index (χ3n) is 3.60. The Labute approximate surface area is 159 Å². The number of carbonyl (C=O) groups excluding carboxylic acids is 2. The number of hydrogen-bond acceptors (Lipinski definition) is 4. The molecule has 8 heteroatoms. The maximum Gasteiger partial charge on any atom is 0.257 e. The number of aromatic nitrogens is 2. The van der Waals surface area contributed by atoms with Gasteiger partial charge < -0.3 is 10.6 Å². The fraction of sp³-hybridized carbons (Fsp3) is 0.0526. The Morgan fingerprint density at radius 1 is 1.04 bits per heavy atom. The van der Waals surface area contributed by atoms with Crippen molar-refractivity contribution < 1.29 is 14.0 Å². The van der Waals surface area contributed by atoms with Gasteiger partial charge in [0.05, 0.1) is 28.4 Å². The Bertz CT molecular complexity index is 982. The molecule has 0 aliphatic carbocycles. The van der Waals surface area contributed by atoms with Gasteiger partial charge >= 0.3 is 0 Å². The minimum atomic E-state index is -0.581. The number of benzene rings is 1. The van der Waals surface area contributed by atoms with Crippen LogP contribution in [-0.2, 0) is 6.54 Å². The number of nitrogens with one attached hydrogen (secondary N) is 2. The quantitative estimate of drug-likeness (QED) is 0.705. The second-order valence-electron chi connectivity index (χ2n) is 5.55. The van der Waals surface area contributed by atoms with Crippen molar-refractivity contribution in [1.82, 2.24) is 15.3 Å². The lowest BCUT2D eigenvalue weighted by molar-refractivity contribution is 0.0950. The monoisotopic (exact) mass is 384 g/mol. The average molecular weight is 385 g/mol. The number of amides is 2. The topological polar surface area (TPSA) is 84.0 Å². The largest absolute Gasteiger partial charge is 0.346 e. The van der Waals surface area contributed by atoms with Crippen LogP contribution in [0.3, 0.4) is 0 Å². The summed E-state index contributed by atoms with van der Waals surface area (Å²) in [4.78, 5) is 32.6. The van der Waals surface area contributed by atoms with Crippen LogP contribution in [-0.4, -0.2) is 21.8 Å². The van der Waals surface area contributed by atoms with E-state index in [0.717, 1.165) is 6.07 Å². The summed E-state index contributed by atoms with van der Waals surface area (Å²) >= 11 is 5.70. The highest BCUT2D eigenvalue weighted by molar-refractivity contribution is 6.31. The van der Waals surface area contributed by atoms with Crippen LogP contribution < -0.4 is 10.6 Å².